The van der Waals surface area contributed by atoms with E-state index in [1.807, 2.05) is 6.92 Å². The molecular weight excluding hydrogens is 500 g/mol. The van der Waals surface area contributed by atoms with E-state index in [2.05, 4.69) is 58.9 Å². The van der Waals surface area contributed by atoms with Crippen LogP contribution in [0.25, 0.3) is 0 Å². The van der Waals surface area contributed by atoms with E-state index in [0.29, 0.717) is 39.0 Å². The van der Waals surface area contributed by atoms with E-state index in [1.165, 1.54) is 58.2 Å². The first-order chi connectivity index (χ1) is 19.4. The van der Waals surface area contributed by atoms with Crippen molar-refractivity contribution in [2.75, 3.05) is 26.4 Å². The molecule has 1 saturated carbocycles. The molecule has 40 heavy (non-hydrogen) atoms. The molecule has 0 aromatic heterocycles. The molecule has 2 aromatic carbocycles. The zero-order chi connectivity index (χ0) is 29.0. The summed E-state index contributed by atoms with van der Waals surface area (Å²) in [4.78, 5) is 0. The number of fused-ring (bicyclic) bond motifs is 1. The monoisotopic (exact) mass is 554 g/mol. The standard InChI is InChI=1S/C32H46O4.C3H8O/c1-6-12-33-19-24-15-28(16-25(20-34-13-7-2)30(24)23-10-9-11-23)32(4,5)29-17-26(21-35-14-8-3)31-27(18-29)22-36-31;1-2-3-4/h15-18,23H,6-14,19-22H2,1-5H3;4H,2-3H2,1H3. The Morgan fingerprint density at radius 1 is 0.750 bits per heavy atom. The minimum atomic E-state index is -0.165. The van der Waals surface area contributed by atoms with Crippen LogP contribution in [0.5, 0.6) is 5.75 Å². The van der Waals surface area contributed by atoms with Crippen LogP contribution < -0.4 is 4.74 Å². The Morgan fingerprint density at radius 2 is 1.23 bits per heavy atom. The predicted molar refractivity (Wildman–Crippen MR) is 163 cm³/mol. The van der Waals surface area contributed by atoms with Crippen molar-refractivity contribution in [3.63, 3.8) is 0 Å². The van der Waals surface area contributed by atoms with Crippen molar-refractivity contribution in [3.8, 4) is 5.75 Å². The smallest absolute Gasteiger partial charge is 0.131 e. The molecule has 2 aromatic rings. The Bertz CT molecular complexity index is 1010. The number of aliphatic hydroxyl groups is 1. The largest absolute Gasteiger partial charge is 0.488 e. The van der Waals surface area contributed by atoms with Gasteiger partial charge in [0.1, 0.15) is 12.4 Å². The molecule has 224 valence electrons. The second-order valence-corrected chi connectivity index (χ2v) is 11.8. The summed E-state index contributed by atoms with van der Waals surface area (Å²) >= 11 is 0. The Hall–Kier alpha value is -1.92. The fourth-order valence-electron chi connectivity index (χ4n) is 5.33. The number of benzene rings is 2. The van der Waals surface area contributed by atoms with E-state index in [9.17, 15) is 0 Å². The van der Waals surface area contributed by atoms with Crippen LogP contribution in [0.2, 0.25) is 0 Å². The summed E-state index contributed by atoms with van der Waals surface area (Å²) in [6, 6.07) is 9.49. The molecule has 0 unspecified atom stereocenters. The fourth-order valence-corrected chi connectivity index (χ4v) is 5.33. The molecule has 5 nitrogen and oxygen atoms in total. The number of ether oxygens (including phenoxy) is 4. The summed E-state index contributed by atoms with van der Waals surface area (Å²) in [6.45, 7) is 18.4. The summed E-state index contributed by atoms with van der Waals surface area (Å²) < 4.78 is 24.0. The van der Waals surface area contributed by atoms with Crippen LogP contribution in [0, 0.1) is 0 Å². The zero-order valence-electron chi connectivity index (χ0n) is 26.1. The maximum absolute atomic E-state index is 7.88. The fraction of sp³-hybridized carbons (Fsp3) is 0.657. The van der Waals surface area contributed by atoms with Crippen LogP contribution in [0.15, 0.2) is 24.3 Å². The van der Waals surface area contributed by atoms with Crippen LogP contribution in [0.1, 0.15) is 131 Å². The molecule has 1 fully saturated rings. The van der Waals surface area contributed by atoms with Crippen molar-refractivity contribution in [1.82, 2.24) is 0 Å². The normalized spacial score (nSPS) is 14.5. The molecular formula is C35H54O5. The molecule has 1 aliphatic heterocycles. The first-order valence-electron chi connectivity index (χ1n) is 15.7. The zero-order valence-corrected chi connectivity index (χ0v) is 26.1. The minimum absolute atomic E-state index is 0.165. The number of hydrogen-bond acceptors (Lipinski definition) is 5. The van der Waals surface area contributed by atoms with Gasteiger partial charge in [-0.05, 0) is 84.4 Å². The Morgan fingerprint density at radius 3 is 1.62 bits per heavy atom. The summed E-state index contributed by atoms with van der Waals surface area (Å²) in [5, 5.41) is 7.88. The number of aliphatic hydroxyl groups excluding tert-OH is 1. The van der Waals surface area contributed by atoms with Gasteiger partial charge in [-0.1, -0.05) is 60.1 Å². The maximum atomic E-state index is 7.88. The van der Waals surface area contributed by atoms with Gasteiger partial charge >= 0.3 is 0 Å². The van der Waals surface area contributed by atoms with Gasteiger partial charge in [0.05, 0.1) is 19.8 Å². The van der Waals surface area contributed by atoms with Crippen LogP contribution in [-0.2, 0) is 46.1 Å². The van der Waals surface area contributed by atoms with Gasteiger partial charge in [0.25, 0.3) is 0 Å². The average Bonchev–Trinajstić information content (AvgIpc) is 2.90. The quantitative estimate of drug-likeness (QED) is 0.211. The third-order valence-corrected chi connectivity index (χ3v) is 7.96. The lowest BCUT2D eigenvalue weighted by atomic mass is 9.72. The van der Waals surface area contributed by atoms with E-state index in [1.54, 1.807) is 0 Å². The van der Waals surface area contributed by atoms with Crippen LogP contribution in [-0.4, -0.2) is 31.5 Å². The lowest BCUT2D eigenvalue weighted by Gasteiger charge is -2.35. The van der Waals surface area contributed by atoms with Gasteiger partial charge in [-0.25, -0.2) is 0 Å². The Labute approximate surface area is 243 Å². The number of hydrogen-bond donors (Lipinski definition) is 1. The summed E-state index contributed by atoms with van der Waals surface area (Å²) in [5.74, 6) is 1.66. The van der Waals surface area contributed by atoms with Crippen molar-refractivity contribution in [3.05, 3.63) is 63.2 Å². The molecule has 1 N–H and O–H groups in total. The second-order valence-electron chi connectivity index (χ2n) is 11.8. The highest BCUT2D eigenvalue weighted by Crippen LogP contribution is 2.44. The molecule has 0 radical (unpaired) electrons. The minimum Gasteiger partial charge on any atom is -0.488 e. The molecule has 0 bridgehead atoms. The Kier molecular flexibility index (Phi) is 13.4. The van der Waals surface area contributed by atoms with Crippen molar-refractivity contribution in [2.24, 2.45) is 0 Å². The molecule has 0 atom stereocenters. The van der Waals surface area contributed by atoms with Gasteiger partial charge < -0.3 is 24.1 Å². The summed E-state index contributed by atoms with van der Waals surface area (Å²) in [6.07, 6.45) is 7.84. The van der Waals surface area contributed by atoms with Crippen molar-refractivity contribution >= 4 is 0 Å². The average molecular weight is 555 g/mol. The third kappa shape index (κ3) is 8.31. The van der Waals surface area contributed by atoms with Crippen LogP contribution in [0.4, 0.5) is 0 Å². The molecule has 0 spiro atoms. The van der Waals surface area contributed by atoms with Gasteiger partial charge in [0, 0.05) is 43.0 Å². The SMILES string of the molecule is CCCO.CCCOCc1cc(C(C)(C)c2cc(COCCC)c(C3CCC3)c(COCCC)c2)cc2c1OC2. The second kappa shape index (κ2) is 16.5. The lowest BCUT2D eigenvalue weighted by Crippen LogP contribution is -2.24. The highest BCUT2D eigenvalue weighted by molar-refractivity contribution is 5.54. The Balaban J connectivity index is 0.00000103. The molecule has 0 amide bonds. The predicted octanol–water partition coefficient (Wildman–Crippen LogP) is 8.34. The van der Waals surface area contributed by atoms with E-state index in [-0.39, 0.29) is 5.41 Å². The highest BCUT2D eigenvalue weighted by Gasteiger charge is 2.32. The molecule has 2 aliphatic rings. The van der Waals surface area contributed by atoms with Crippen LogP contribution in [0.3, 0.4) is 0 Å². The van der Waals surface area contributed by atoms with E-state index in [4.69, 9.17) is 24.1 Å². The third-order valence-electron chi connectivity index (χ3n) is 7.96. The lowest BCUT2D eigenvalue weighted by molar-refractivity contribution is 0.115. The van der Waals surface area contributed by atoms with Gasteiger partial charge in [-0.2, -0.15) is 0 Å². The molecule has 0 saturated heterocycles. The summed E-state index contributed by atoms with van der Waals surface area (Å²) in [5.41, 5.74) is 9.14. The van der Waals surface area contributed by atoms with E-state index in [0.717, 1.165) is 51.3 Å². The first-order valence-corrected chi connectivity index (χ1v) is 15.7. The maximum Gasteiger partial charge on any atom is 0.131 e. The van der Waals surface area contributed by atoms with Gasteiger partial charge in [-0.3, -0.25) is 0 Å². The first kappa shape index (κ1) is 32.6. The molecule has 4 rings (SSSR count). The summed E-state index contributed by atoms with van der Waals surface area (Å²) in [7, 11) is 0. The van der Waals surface area contributed by atoms with Gasteiger partial charge in [0.2, 0.25) is 0 Å². The molecule has 1 aliphatic carbocycles. The van der Waals surface area contributed by atoms with E-state index >= 15 is 0 Å². The van der Waals surface area contributed by atoms with Crippen LogP contribution >= 0.6 is 0 Å². The van der Waals surface area contributed by atoms with Gasteiger partial charge in [0.15, 0.2) is 0 Å². The molecule has 1 heterocycles. The van der Waals surface area contributed by atoms with Gasteiger partial charge in [-0.15, -0.1) is 0 Å². The molecule has 5 heteroatoms. The topological polar surface area (TPSA) is 57.2 Å². The van der Waals surface area contributed by atoms with Crippen molar-refractivity contribution in [2.45, 2.75) is 124 Å². The highest BCUT2D eigenvalue weighted by atomic mass is 16.5. The van der Waals surface area contributed by atoms with E-state index < -0.39 is 0 Å². The van der Waals surface area contributed by atoms with Crippen molar-refractivity contribution in [1.29, 1.82) is 0 Å². The van der Waals surface area contributed by atoms with Crippen molar-refractivity contribution < 1.29 is 24.1 Å². The number of rotatable bonds is 16.